The molecular weight excluding hydrogens is 284 g/mol. The molecule has 0 saturated heterocycles. The highest BCUT2D eigenvalue weighted by Crippen LogP contribution is 2.31. The lowest BCUT2D eigenvalue weighted by Gasteiger charge is -2.22. The average molecular weight is 304 g/mol. The van der Waals surface area contributed by atoms with Gasteiger partial charge in [-0.15, -0.1) is 5.10 Å². The Morgan fingerprint density at radius 3 is 2.71 bits per heavy atom. The predicted octanol–water partition coefficient (Wildman–Crippen LogP) is 3.00. The molecule has 112 valence electrons. The second kappa shape index (κ2) is 7.04. The highest BCUT2D eigenvalue weighted by Gasteiger charge is 2.21. The van der Waals surface area contributed by atoms with Crippen LogP contribution >= 0.6 is 11.8 Å². The minimum atomic E-state index is -0.493. The first-order valence-corrected chi connectivity index (χ1v) is 8.47. The molecule has 0 spiro atoms. The van der Waals surface area contributed by atoms with Crippen LogP contribution < -0.4 is 0 Å². The van der Waals surface area contributed by atoms with E-state index in [9.17, 15) is 5.11 Å². The van der Waals surface area contributed by atoms with Crippen molar-refractivity contribution in [2.45, 2.75) is 49.4 Å². The van der Waals surface area contributed by atoms with Gasteiger partial charge >= 0.3 is 0 Å². The summed E-state index contributed by atoms with van der Waals surface area (Å²) in [6, 6.07) is 10.1. The van der Waals surface area contributed by atoms with E-state index in [1.54, 1.807) is 0 Å². The predicted molar refractivity (Wildman–Crippen MR) is 82.1 cm³/mol. The Bertz CT molecular complexity index is 554. The van der Waals surface area contributed by atoms with E-state index in [4.69, 9.17) is 0 Å². The van der Waals surface area contributed by atoms with E-state index >= 15 is 0 Å². The zero-order valence-electron chi connectivity index (χ0n) is 11.9. The van der Waals surface area contributed by atoms with Gasteiger partial charge in [0.15, 0.2) is 0 Å². The molecule has 6 heteroatoms. The van der Waals surface area contributed by atoms with Gasteiger partial charge in [-0.2, -0.15) is 0 Å². The molecule has 1 heterocycles. The molecule has 1 aliphatic carbocycles. The Morgan fingerprint density at radius 1 is 1.19 bits per heavy atom. The molecule has 1 N–H and O–H groups in total. The number of tetrazole rings is 1. The molecule has 0 unspecified atom stereocenters. The van der Waals surface area contributed by atoms with Gasteiger partial charge in [-0.3, -0.25) is 0 Å². The normalized spacial score (nSPS) is 17.8. The molecular formula is C15H20N4OS. The smallest absolute Gasteiger partial charge is 0.209 e. The van der Waals surface area contributed by atoms with Crippen molar-refractivity contribution in [3.63, 3.8) is 0 Å². The fourth-order valence-electron chi connectivity index (χ4n) is 2.76. The van der Waals surface area contributed by atoms with Crippen LogP contribution in [-0.4, -0.2) is 31.1 Å². The Balaban J connectivity index is 1.62. The lowest BCUT2D eigenvalue weighted by molar-refractivity contribution is 0.204. The van der Waals surface area contributed by atoms with Gasteiger partial charge in [0, 0.05) is 5.75 Å². The molecule has 3 rings (SSSR count). The van der Waals surface area contributed by atoms with Crippen molar-refractivity contribution in [2.75, 3.05) is 5.75 Å². The number of aliphatic hydroxyl groups is 1. The SMILES string of the molecule is O[C@@H](CSc1nnnn1C1CCCCC1)c1ccccc1. The Morgan fingerprint density at radius 2 is 1.95 bits per heavy atom. The van der Waals surface area contributed by atoms with Crippen molar-refractivity contribution in [3.8, 4) is 0 Å². The van der Waals surface area contributed by atoms with Gasteiger partial charge < -0.3 is 5.11 Å². The van der Waals surface area contributed by atoms with Gasteiger partial charge in [-0.1, -0.05) is 61.4 Å². The number of aliphatic hydroxyl groups excluding tert-OH is 1. The molecule has 1 aromatic carbocycles. The lowest BCUT2D eigenvalue weighted by atomic mass is 9.96. The maximum atomic E-state index is 10.2. The molecule has 5 nitrogen and oxygen atoms in total. The third-order valence-corrected chi connectivity index (χ3v) is 4.95. The van der Waals surface area contributed by atoms with Crippen molar-refractivity contribution < 1.29 is 5.11 Å². The minimum Gasteiger partial charge on any atom is -0.388 e. The summed E-state index contributed by atoms with van der Waals surface area (Å²) in [5.41, 5.74) is 0.932. The fourth-order valence-corrected chi connectivity index (χ4v) is 3.67. The zero-order chi connectivity index (χ0) is 14.5. The van der Waals surface area contributed by atoms with Gasteiger partial charge in [0.2, 0.25) is 5.16 Å². The van der Waals surface area contributed by atoms with Crippen molar-refractivity contribution >= 4 is 11.8 Å². The van der Waals surface area contributed by atoms with Crippen molar-refractivity contribution in [1.29, 1.82) is 0 Å². The number of benzene rings is 1. The summed E-state index contributed by atoms with van der Waals surface area (Å²) in [7, 11) is 0. The average Bonchev–Trinajstić information content (AvgIpc) is 3.03. The molecule has 1 saturated carbocycles. The standard InChI is InChI=1S/C15H20N4OS/c20-14(12-7-3-1-4-8-12)11-21-15-16-17-18-19(15)13-9-5-2-6-10-13/h1,3-4,7-8,13-14,20H,2,5-6,9-11H2/t14-/m0/s1. The third kappa shape index (κ3) is 3.63. The Kier molecular flexibility index (Phi) is 4.87. The largest absolute Gasteiger partial charge is 0.388 e. The van der Waals surface area contributed by atoms with Crippen LogP contribution in [0.15, 0.2) is 35.5 Å². The summed E-state index contributed by atoms with van der Waals surface area (Å²) in [6.45, 7) is 0. The maximum absolute atomic E-state index is 10.2. The van der Waals surface area contributed by atoms with Gasteiger partial charge in [0.25, 0.3) is 0 Å². The first-order valence-electron chi connectivity index (χ1n) is 7.48. The van der Waals surface area contributed by atoms with Gasteiger partial charge in [-0.05, 0) is 28.8 Å². The molecule has 1 atom stereocenters. The highest BCUT2D eigenvalue weighted by molar-refractivity contribution is 7.99. The van der Waals surface area contributed by atoms with Crippen LogP contribution in [0.3, 0.4) is 0 Å². The first-order chi connectivity index (χ1) is 10.3. The summed E-state index contributed by atoms with van der Waals surface area (Å²) in [6.07, 6.45) is 5.63. The molecule has 0 radical (unpaired) electrons. The minimum absolute atomic E-state index is 0.421. The van der Waals surface area contributed by atoms with E-state index in [-0.39, 0.29) is 0 Å². The zero-order valence-corrected chi connectivity index (χ0v) is 12.7. The molecule has 1 aliphatic rings. The van der Waals surface area contributed by atoms with Gasteiger partial charge in [0.05, 0.1) is 12.1 Å². The summed E-state index contributed by atoms with van der Waals surface area (Å²) in [4.78, 5) is 0. The van der Waals surface area contributed by atoms with Crippen molar-refractivity contribution in [2.24, 2.45) is 0 Å². The van der Waals surface area contributed by atoms with E-state index < -0.39 is 6.10 Å². The van der Waals surface area contributed by atoms with E-state index in [0.29, 0.717) is 11.8 Å². The van der Waals surface area contributed by atoms with Gasteiger partial charge in [-0.25, -0.2) is 4.68 Å². The Labute approximate surface area is 128 Å². The molecule has 1 aromatic heterocycles. The summed E-state index contributed by atoms with van der Waals surface area (Å²) >= 11 is 1.53. The van der Waals surface area contributed by atoms with Crippen LogP contribution in [0.4, 0.5) is 0 Å². The molecule has 2 aromatic rings. The number of nitrogens with zero attached hydrogens (tertiary/aromatic N) is 4. The number of rotatable bonds is 5. The molecule has 21 heavy (non-hydrogen) atoms. The highest BCUT2D eigenvalue weighted by atomic mass is 32.2. The monoisotopic (exact) mass is 304 g/mol. The quantitative estimate of drug-likeness (QED) is 0.860. The number of hydrogen-bond acceptors (Lipinski definition) is 5. The molecule has 0 bridgehead atoms. The van der Waals surface area contributed by atoms with Crippen molar-refractivity contribution in [1.82, 2.24) is 20.2 Å². The molecule has 0 aliphatic heterocycles. The first kappa shape index (κ1) is 14.5. The van der Waals surface area contributed by atoms with E-state index in [1.807, 2.05) is 35.0 Å². The van der Waals surface area contributed by atoms with Crippen LogP contribution in [0.2, 0.25) is 0 Å². The van der Waals surface area contributed by atoms with Gasteiger partial charge in [0.1, 0.15) is 0 Å². The fraction of sp³-hybridized carbons (Fsp3) is 0.533. The van der Waals surface area contributed by atoms with Crippen LogP contribution in [0.5, 0.6) is 0 Å². The summed E-state index contributed by atoms with van der Waals surface area (Å²) in [5.74, 6) is 0.567. The van der Waals surface area contributed by atoms with Crippen LogP contribution in [0.25, 0.3) is 0 Å². The maximum Gasteiger partial charge on any atom is 0.209 e. The summed E-state index contributed by atoms with van der Waals surface area (Å²) in [5, 5.41) is 23.1. The number of aromatic nitrogens is 4. The van der Waals surface area contributed by atoms with E-state index in [1.165, 1.54) is 31.0 Å². The van der Waals surface area contributed by atoms with Crippen LogP contribution in [-0.2, 0) is 0 Å². The second-order valence-corrected chi connectivity index (χ2v) is 6.42. The van der Waals surface area contributed by atoms with Crippen LogP contribution in [0.1, 0.15) is 49.8 Å². The lowest BCUT2D eigenvalue weighted by Crippen LogP contribution is -2.15. The Hall–Kier alpha value is -1.40. The third-order valence-electron chi connectivity index (χ3n) is 3.94. The number of hydrogen-bond donors (Lipinski definition) is 1. The van der Waals surface area contributed by atoms with E-state index in [0.717, 1.165) is 23.6 Å². The summed E-state index contributed by atoms with van der Waals surface area (Å²) < 4.78 is 1.95. The molecule has 0 amide bonds. The molecule has 1 fully saturated rings. The topological polar surface area (TPSA) is 63.8 Å². The van der Waals surface area contributed by atoms with Crippen molar-refractivity contribution in [3.05, 3.63) is 35.9 Å². The van der Waals surface area contributed by atoms with Crippen LogP contribution in [0, 0.1) is 0 Å². The number of thioether (sulfide) groups is 1. The second-order valence-electron chi connectivity index (χ2n) is 5.44. The van der Waals surface area contributed by atoms with E-state index in [2.05, 4.69) is 15.5 Å².